The lowest BCUT2D eigenvalue weighted by Crippen LogP contribution is -2.28. The number of aliphatic hydroxyl groups is 1. The molecule has 0 spiro atoms. The largest absolute Gasteiger partial charge is 0.411 e. The maximum Gasteiger partial charge on any atom is 0.0622 e. The molecule has 0 aliphatic carbocycles. The van der Waals surface area contributed by atoms with Gasteiger partial charge < -0.3 is 15.5 Å². The quantitative estimate of drug-likeness (QED) is 0.267. The Labute approximate surface area is 135 Å². The molecule has 0 heterocycles. The molecular formula is C17H34N2O3. The molecule has 5 nitrogen and oxygen atoms in total. The van der Waals surface area contributed by atoms with Crippen molar-refractivity contribution >= 4 is 12.4 Å². The Morgan fingerprint density at radius 1 is 1.09 bits per heavy atom. The van der Waals surface area contributed by atoms with E-state index >= 15 is 0 Å². The molecule has 0 rings (SSSR count). The van der Waals surface area contributed by atoms with E-state index in [0.29, 0.717) is 11.8 Å². The second-order valence-electron chi connectivity index (χ2n) is 6.76. The number of nitrogens with zero attached hydrogens (tertiary/aromatic N) is 2. The van der Waals surface area contributed by atoms with Crippen molar-refractivity contribution in [1.82, 2.24) is 0 Å². The van der Waals surface area contributed by atoms with Gasteiger partial charge in [-0.1, -0.05) is 39.5 Å². The van der Waals surface area contributed by atoms with Crippen molar-refractivity contribution in [2.24, 2.45) is 22.1 Å². The van der Waals surface area contributed by atoms with E-state index in [-0.39, 0.29) is 0 Å². The van der Waals surface area contributed by atoms with E-state index < -0.39 is 5.60 Å². The standard InChI is InChI=1S/C17H34N2O3/c1-4-7-16(9-6-12-18-21)14-17(3,20)11-5-8-15(2)10-13-19-22/h12-13,15-16,20-22H,4-11,14H2,1-3H3/b18-12+,19-13+. The number of oxime groups is 2. The van der Waals surface area contributed by atoms with Gasteiger partial charge in [0.05, 0.1) is 5.60 Å². The summed E-state index contributed by atoms with van der Waals surface area (Å²) in [7, 11) is 0. The van der Waals surface area contributed by atoms with Crippen LogP contribution in [0.25, 0.3) is 0 Å². The predicted octanol–water partition coefficient (Wildman–Crippen LogP) is 4.44. The van der Waals surface area contributed by atoms with Crippen molar-refractivity contribution in [3.63, 3.8) is 0 Å². The molecule has 0 bridgehead atoms. The summed E-state index contributed by atoms with van der Waals surface area (Å²) >= 11 is 0. The molecule has 3 unspecified atom stereocenters. The van der Waals surface area contributed by atoms with Crippen LogP contribution >= 0.6 is 0 Å². The second kappa shape index (κ2) is 12.4. The van der Waals surface area contributed by atoms with Gasteiger partial charge in [-0.25, -0.2) is 0 Å². The fourth-order valence-corrected chi connectivity index (χ4v) is 3.02. The van der Waals surface area contributed by atoms with Gasteiger partial charge >= 0.3 is 0 Å². The Morgan fingerprint density at radius 2 is 1.77 bits per heavy atom. The van der Waals surface area contributed by atoms with Gasteiger partial charge in [0, 0.05) is 12.4 Å². The first-order valence-corrected chi connectivity index (χ1v) is 8.49. The number of hydrogen-bond donors (Lipinski definition) is 3. The molecule has 5 heteroatoms. The molecule has 0 amide bonds. The summed E-state index contributed by atoms with van der Waals surface area (Å²) in [6.07, 6.45) is 11.3. The lowest BCUT2D eigenvalue weighted by Gasteiger charge is -2.29. The second-order valence-corrected chi connectivity index (χ2v) is 6.76. The first-order chi connectivity index (χ1) is 10.4. The lowest BCUT2D eigenvalue weighted by molar-refractivity contribution is 0.0199. The molecule has 3 atom stereocenters. The van der Waals surface area contributed by atoms with Gasteiger partial charge in [0.1, 0.15) is 0 Å². The highest BCUT2D eigenvalue weighted by atomic mass is 16.4. The van der Waals surface area contributed by atoms with Crippen molar-refractivity contribution in [3.8, 4) is 0 Å². The summed E-state index contributed by atoms with van der Waals surface area (Å²) in [5.74, 6) is 0.941. The van der Waals surface area contributed by atoms with Gasteiger partial charge in [-0.05, 0) is 50.9 Å². The normalized spacial score (nSPS) is 17.8. The average molecular weight is 314 g/mol. The first-order valence-electron chi connectivity index (χ1n) is 8.49. The van der Waals surface area contributed by atoms with E-state index in [9.17, 15) is 5.11 Å². The Balaban J connectivity index is 4.15. The van der Waals surface area contributed by atoms with Crippen LogP contribution in [0.3, 0.4) is 0 Å². The molecule has 0 aliphatic heterocycles. The molecule has 3 N–H and O–H groups in total. The van der Waals surface area contributed by atoms with Crippen LogP contribution < -0.4 is 0 Å². The maximum absolute atomic E-state index is 10.6. The Bertz CT molecular complexity index is 317. The van der Waals surface area contributed by atoms with E-state index in [2.05, 4.69) is 24.2 Å². The summed E-state index contributed by atoms with van der Waals surface area (Å²) in [5.41, 5.74) is -0.638. The monoisotopic (exact) mass is 314 g/mol. The molecule has 0 saturated carbocycles. The van der Waals surface area contributed by atoms with Crippen LogP contribution in [0.1, 0.15) is 78.6 Å². The van der Waals surface area contributed by atoms with Gasteiger partial charge in [0.2, 0.25) is 0 Å². The molecule has 0 aromatic rings. The van der Waals surface area contributed by atoms with Crippen LogP contribution in [-0.4, -0.2) is 33.6 Å². The van der Waals surface area contributed by atoms with Gasteiger partial charge in [0.15, 0.2) is 0 Å². The zero-order valence-corrected chi connectivity index (χ0v) is 14.4. The molecule has 0 fully saturated rings. The summed E-state index contributed by atoms with van der Waals surface area (Å²) in [4.78, 5) is 0. The molecule has 0 radical (unpaired) electrons. The Morgan fingerprint density at radius 3 is 2.36 bits per heavy atom. The van der Waals surface area contributed by atoms with E-state index in [1.54, 1.807) is 0 Å². The minimum Gasteiger partial charge on any atom is -0.411 e. The molecule has 0 aromatic heterocycles. The first kappa shape index (κ1) is 20.9. The van der Waals surface area contributed by atoms with Gasteiger partial charge in [-0.3, -0.25) is 0 Å². The molecule has 0 aromatic carbocycles. The molecule has 130 valence electrons. The van der Waals surface area contributed by atoms with E-state index in [4.69, 9.17) is 10.4 Å². The van der Waals surface area contributed by atoms with Gasteiger partial charge in [-0.15, -0.1) is 10.3 Å². The highest BCUT2D eigenvalue weighted by Crippen LogP contribution is 2.29. The lowest BCUT2D eigenvalue weighted by atomic mass is 9.83. The smallest absolute Gasteiger partial charge is 0.0622 e. The minimum absolute atomic E-state index is 0.469. The van der Waals surface area contributed by atoms with Gasteiger partial charge in [-0.2, -0.15) is 0 Å². The van der Waals surface area contributed by atoms with Crippen molar-refractivity contribution in [2.45, 2.75) is 84.2 Å². The van der Waals surface area contributed by atoms with E-state index in [1.165, 1.54) is 12.4 Å². The van der Waals surface area contributed by atoms with E-state index in [0.717, 1.165) is 57.8 Å². The number of rotatable bonds is 13. The minimum atomic E-state index is -0.638. The third-order valence-electron chi connectivity index (χ3n) is 4.21. The zero-order chi connectivity index (χ0) is 16.8. The number of hydrogen-bond acceptors (Lipinski definition) is 5. The third kappa shape index (κ3) is 11.5. The van der Waals surface area contributed by atoms with Crippen LogP contribution in [0.5, 0.6) is 0 Å². The highest BCUT2D eigenvalue weighted by molar-refractivity contribution is 5.56. The Kier molecular flexibility index (Phi) is 11.8. The van der Waals surface area contributed by atoms with Crippen LogP contribution in [0, 0.1) is 11.8 Å². The van der Waals surface area contributed by atoms with Crippen LogP contribution in [0.2, 0.25) is 0 Å². The van der Waals surface area contributed by atoms with Crippen molar-refractivity contribution in [3.05, 3.63) is 0 Å². The van der Waals surface area contributed by atoms with Crippen LogP contribution in [-0.2, 0) is 0 Å². The molecule has 22 heavy (non-hydrogen) atoms. The average Bonchev–Trinajstić information content (AvgIpc) is 2.45. The zero-order valence-electron chi connectivity index (χ0n) is 14.4. The van der Waals surface area contributed by atoms with Crippen LogP contribution in [0.4, 0.5) is 0 Å². The summed E-state index contributed by atoms with van der Waals surface area (Å²) < 4.78 is 0. The van der Waals surface area contributed by atoms with E-state index in [1.807, 2.05) is 6.92 Å². The fourth-order valence-electron chi connectivity index (χ4n) is 3.02. The summed E-state index contributed by atoms with van der Waals surface area (Å²) in [5, 5.41) is 33.6. The SMILES string of the molecule is CCCC(CC/C=N/O)CC(C)(O)CCCC(C)C/C=N/O. The van der Waals surface area contributed by atoms with Crippen molar-refractivity contribution < 1.29 is 15.5 Å². The third-order valence-corrected chi connectivity index (χ3v) is 4.21. The maximum atomic E-state index is 10.6. The Hall–Kier alpha value is -1.10. The predicted molar refractivity (Wildman–Crippen MR) is 91.1 cm³/mol. The summed E-state index contributed by atoms with van der Waals surface area (Å²) in [6, 6.07) is 0. The van der Waals surface area contributed by atoms with Crippen molar-refractivity contribution in [2.75, 3.05) is 0 Å². The van der Waals surface area contributed by atoms with Crippen LogP contribution in [0.15, 0.2) is 10.3 Å². The van der Waals surface area contributed by atoms with Gasteiger partial charge in [0.25, 0.3) is 0 Å². The molecule has 0 aliphatic rings. The summed E-state index contributed by atoms with van der Waals surface area (Å²) in [6.45, 7) is 6.21. The van der Waals surface area contributed by atoms with Crippen molar-refractivity contribution in [1.29, 1.82) is 0 Å². The molecular weight excluding hydrogens is 280 g/mol. The topological polar surface area (TPSA) is 85.4 Å². The highest BCUT2D eigenvalue weighted by Gasteiger charge is 2.24. The molecule has 0 saturated heterocycles. The fraction of sp³-hybridized carbons (Fsp3) is 0.882.